The van der Waals surface area contributed by atoms with Crippen LogP contribution in [-0.2, 0) is 19.1 Å². The molecule has 3 unspecified atom stereocenters. The van der Waals surface area contributed by atoms with E-state index in [-0.39, 0.29) is 42.2 Å². The number of unbranched alkanes of at least 4 members (excludes halogenated alkanes) is 3. The van der Waals surface area contributed by atoms with Crippen molar-refractivity contribution in [2.75, 3.05) is 32.8 Å². The van der Waals surface area contributed by atoms with Gasteiger partial charge in [0.25, 0.3) is 0 Å². The second-order valence-electron chi connectivity index (χ2n) is 9.55. The first-order chi connectivity index (χ1) is 15.9. The van der Waals surface area contributed by atoms with Gasteiger partial charge in [-0.05, 0) is 44.9 Å². The number of aliphatic hydroxyl groups excluding tert-OH is 1. The molecule has 0 aromatic heterocycles. The van der Waals surface area contributed by atoms with Crippen molar-refractivity contribution in [2.45, 2.75) is 75.3 Å². The first-order valence-corrected chi connectivity index (χ1v) is 13.4. The van der Waals surface area contributed by atoms with Gasteiger partial charge in [0.05, 0.1) is 23.2 Å². The van der Waals surface area contributed by atoms with Crippen LogP contribution in [-0.4, -0.2) is 81.6 Å². The van der Waals surface area contributed by atoms with Crippen LogP contribution in [0.5, 0.6) is 0 Å². The van der Waals surface area contributed by atoms with Crippen molar-refractivity contribution < 1.29 is 24.2 Å². The molecule has 6 atom stereocenters. The second-order valence-corrected chi connectivity index (χ2v) is 11.1. The van der Waals surface area contributed by atoms with Crippen molar-refractivity contribution in [1.82, 2.24) is 9.80 Å². The molecule has 0 aliphatic carbocycles. The smallest absolute Gasteiger partial charge is 0.310 e. The molecule has 0 aromatic carbocycles. The van der Waals surface area contributed by atoms with Gasteiger partial charge in [0.1, 0.15) is 6.04 Å². The lowest BCUT2D eigenvalue weighted by molar-refractivity contribution is -0.154. The summed E-state index contributed by atoms with van der Waals surface area (Å²) in [7, 11) is 0. The number of hydrogen-bond donors (Lipinski definition) is 1. The highest BCUT2D eigenvalue weighted by Crippen LogP contribution is 2.68. The molecule has 186 valence electrons. The standard InChI is InChI=1S/C25H40N2O5S/c1-5-8-13-26(12-6-2)23(30)21-25-17(4)16-18(33-25)19(24(31)32-7-3)20(25)22(29)27(21)14-10-9-11-15-28/h6,17-21,28H,2,5,7-16H2,1,3-4H3/t17?,18-,19+,20+,21?,25?/m1/s1. The normalized spacial score (nSPS) is 32.2. The zero-order chi connectivity index (χ0) is 24.2. The molecule has 1 spiro atoms. The number of aliphatic hydroxyl groups is 1. The maximum Gasteiger partial charge on any atom is 0.310 e. The molecule has 8 heteroatoms. The first kappa shape index (κ1) is 26.1. The Morgan fingerprint density at radius 2 is 2.06 bits per heavy atom. The first-order valence-electron chi connectivity index (χ1n) is 12.5. The number of esters is 1. The summed E-state index contributed by atoms with van der Waals surface area (Å²) >= 11 is 1.69. The number of carbonyl (C=O) groups is 3. The second kappa shape index (κ2) is 11.3. The van der Waals surface area contributed by atoms with Gasteiger partial charge >= 0.3 is 5.97 Å². The molecule has 2 amide bonds. The molecule has 33 heavy (non-hydrogen) atoms. The summed E-state index contributed by atoms with van der Waals surface area (Å²) < 4.78 is 4.79. The van der Waals surface area contributed by atoms with Crippen molar-refractivity contribution in [2.24, 2.45) is 17.8 Å². The van der Waals surface area contributed by atoms with Crippen LogP contribution in [0.15, 0.2) is 12.7 Å². The van der Waals surface area contributed by atoms with E-state index in [9.17, 15) is 14.4 Å². The maximum absolute atomic E-state index is 14.1. The minimum atomic E-state index is -0.598. The molecule has 1 N–H and O–H groups in total. The number of rotatable bonds is 13. The van der Waals surface area contributed by atoms with Crippen LogP contribution in [0.4, 0.5) is 0 Å². The number of fused-ring (bicyclic) bond motifs is 1. The van der Waals surface area contributed by atoms with E-state index in [2.05, 4.69) is 20.4 Å². The van der Waals surface area contributed by atoms with Crippen molar-refractivity contribution >= 4 is 29.5 Å². The highest BCUT2D eigenvalue weighted by atomic mass is 32.2. The van der Waals surface area contributed by atoms with E-state index >= 15 is 0 Å². The van der Waals surface area contributed by atoms with E-state index in [1.165, 1.54) is 0 Å². The lowest BCUT2D eigenvalue weighted by Crippen LogP contribution is -2.57. The molecule has 3 aliphatic rings. The molecule has 3 heterocycles. The van der Waals surface area contributed by atoms with Crippen LogP contribution in [0.3, 0.4) is 0 Å². The summed E-state index contributed by atoms with van der Waals surface area (Å²) in [4.78, 5) is 44.5. The number of ether oxygens (including phenoxy) is 1. The third-order valence-electron chi connectivity index (χ3n) is 7.54. The highest BCUT2D eigenvalue weighted by molar-refractivity contribution is 8.02. The number of thioether (sulfide) groups is 1. The van der Waals surface area contributed by atoms with E-state index in [4.69, 9.17) is 9.84 Å². The Hall–Kier alpha value is -1.54. The maximum atomic E-state index is 14.1. The summed E-state index contributed by atoms with van der Waals surface area (Å²) in [5, 5.41) is 9.17. The molecule has 3 rings (SSSR count). The molecular weight excluding hydrogens is 440 g/mol. The number of likely N-dealkylation sites (tertiary alicyclic amines) is 1. The summed E-state index contributed by atoms with van der Waals surface area (Å²) in [6.45, 7) is 11.8. The third kappa shape index (κ3) is 4.57. The molecule has 7 nitrogen and oxygen atoms in total. The van der Waals surface area contributed by atoms with E-state index < -0.39 is 22.6 Å². The molecule has 0 saturated carbocycles. The summed E-state index contributed by atoms with van der Waals surface area (Å²) in [5.74, 6) is -1.25. The van der Waals surface area contributed by atoms with Gasteiger partial charge in [0, 0.05) is 31.5 Å². The van der Waals surface area contributed by atoms with Gasteiger partial charge in [-0.3, -0.25) is 14.4 Å². The molecule has 3 fully saturated rings. The van der Waals surface area contributed by atoms with Crippen LogP contribution >= 0.6 is 11.8 Å². The predicted molar refractivity (Wildman–Crippen MR) is 130 cm³/mol. The number of hydrogen-bond acceptors (Lipinski definition) is 6. The summed E-state index contributed by atoms with van der Waals surface area (Å²) in [6.07, 6.45) is 6.61. The van der Waals surface area contributed by atoms with Gasteiger partial charge in [-0.25, -0.2) is 0 Å². The quantitative estimate of drug-likeness (QED) is 0.248. The minimum Gasteiger partial charge on any atom is -0.466 e. The van der Waals surface area contributed by atoms with Gasteiger partial charge in [-0.1, -0.05) is 26.3 Å². The Balaban J connectivity index is 1.99. The largest absolute Gasteiger partial charge is 0.466 e. The SMILES string of the molecule is C=CCN(CCCC)C(=O)C1N(CCCCCO)C(=O)[C@@H]2[C@@H](C(=O)OCC)[C@H]3CC(C)C12S3. The fourth-order valence-electron chi connectivity index (χ4n) is 6.09. The van der Waals surface area contributed by atoms with Crippen LogP contribution in [0, 0.1) is 17.8 Å². The summed E-state index contributed by atoms with van der Waals surface area (Å²) in [6, 6.07) is -0.578. The highest BCUT2D eigenvalue weighted by Gasteiger charge is 2.76. The van der Waals surface area contributed by atoms with E-state index in [0.29, 0.717) is 26.1 Å². The Morgan fingerprint density at radius 3 is 2.70 bits per heavy atom. The Bertz CT molecular complexity index is 746. The molecule has 0 aromatic rings. The van der Waals surface area contributed by atoms with Crippen molar-refractivity contribution in [3.63, 3.8) is 0 Å². The zero-order valence-electron chi connectivity index (χ0n) is 20.3. The van der Waals surface area contributed by atoms with Crippen molar-refractivity contribution in [1.29, 1.82) is 0 Å². The van der Waals surface area contributed by atoms with Gasteiger partial charge in [0.2, 0.25) is 11.8 Å². The summed E-state index contributed by atoms with van der Waals surface area (Å²) in [5.41, 5.74) is 0. The minimum absolute atomic E-state index is 0.0170. The Morgan fingerprint density at radius 1 is 1.30 bits per heavy atom. The van der Waals surface area contributed by atoms with Gasteiger partial charge < -0.3 is 19.6 Å². The fourth-order valence-corrected chi connectivity index (χ4v) is 8.49. The van der Waals surface area contributed by atoms with Crippen molar-refractivity contribution in [3.8, 4) is 0 Å². The third-order valence-corrected chi connectivity index (χ3v) is 9.61. The topological polar surface area (TPSA) is 87.2 Å². The van der Waals surface area contributed by atoms with Gasteiger partial charge in [-0.2, -0.15) is 0 Å². The fraction of sp³-hybridized carbons (Fsp3) is 0.800. The van der Waals surface area contributed by atoms with Crippen LogP contribution < -0.4 is 0 Å². The monoisotopic (exact) mass is 480 g/mol. The lowest BCUT2D eigenvalue weighted by Gasteiger charge is -2.40. The molecular formula is C25H40N2O5S. The average molecular weight is 481 g/mol. The Kier molecular flexibility index (Phi) is 8.89. The zero-order valence-corrected chi connectivity index (χ0v) is 21.1. The Labute approximate surface area is 202 Å². The van der Waals surface area contributed by atoms with Crippen LogP contribution in [0.1, 0.15) is 59.3 Å². The molecule has 0 radical (unpaired) electrons. The molecule has 3 saturated heterocycles. The van der Waals surface area contributed by atoms with Gasteiger partial charge in [0.15, 0.2) is 0 Å². The average Bonchev–Trinajstić information content (AvgIpc) is 3.38. The molecule has 3 aliphatic heterocycles. The molecule has 2 bridgehead atoms. The van der Waals surface area contributed by atoms with Crippen molar-refractivity contribution in [3.05, 3.63) is 12.7 Å². The van der Waals surface area contributed by atoms with E-state index in [1.807, 2.05) is 4.90 Å². The number of nitrogens with zero attached hydrogens (tertiary/aromatic N) is 2. The van der Waals surface area contributed by atoms with Crippen LogP contribution in [0.25, 0.3) is 0 Å². The number of amides is 2. The van der Waals surface area contributed by atoms with E-state index in [0.717, 1.165) is 32.1 Å². The van der Waals surface area contributed by atoms with E-state index in [1.54, 1.807) is 29.7 Å². The van der Waals surface area contributed by atoms with Gasteiger partial charge in [-0.15, -0.1) is 18.3 Å². The van der Waals surface area contributed by atoms with Crippen LogP contribution in [0.2, 0.25) is 0 Å². The predicted octanol–water partition coefficient (Wildman–Crippen LogP) is 2.86. The number of carbonyl (C=O) groups excluding carboxylic acids is 3. The lowest BCUT2D eigenvalue weighted by atomic mass is 9.66.